The lowest BCUT2D eigenvalue weighted by atomic mass is 10.2. The SMILES string of the molecule is Cc1ccc2nc(Cl)c(/C=N/NC(=O)c3ccccc3)c(=O)n2c1. The number of aromatic nitrogens is 2. The van der Waals surface area contributed by atoms with E-state index in [-0.39, 0.29) is 22.2 Å². The van der Waals surface area contributed by atoms with Crippen molar-refractivity contribution in [3.05, 3.63) is 80.9 Å². The quantitative estimate of drug-likeness (QED) is 0.452. The van der Waals surface area contributed by atoms with Gasteiger partial charge in [-0.2, -0.15) is 5.10 Å². The smallest absolute Gasteiger partial charge is 0.268 e. The molecule has 6 nitrogen and oxygen atoms in total. The summed E-state index contributed by atoms with van der Waals surface area (Å²) in [6, 6.07) is 12.2. The standard InChI is InChI=1S/C17H13ClN4O2/c1-11-7-8-14-20-15(18)13(17(24)22(14)10-11)9-19-21-16(23)12-5-3-2-4-6-12/h2-10H,1H3,(H,21,23)/b19-9+. The average Bonchev–Trinajstić information content (AvgIpc) is 2.59. The maximum absolute atomic E-state index is 12.5. The fourth-order valence-corrected chi connectivity index (χ4v) is 2.37. The van der Waals surface area contributed by atoms with Crippen molar-refractivity contribution in [3.8, 4) is 0 Å². The van der Waals surface area contributed by atoms with Gasteiger partial charge in [0.2, 0.25) is 0 Å². The minimum atomic E-state index is -0.382. The van der Waals surface area contributed by atoms with Gasteiger partial charge >= 0.3 is 0 Å². The first kappa shape index (κ1) is 15.9. The van der Waals surface area contributed by atoms with Crippen molar-refractivity contribution in [2.24, 2.45) is 5.10 Å². The van der Waals surface area contributed by atoms with Gasteiger partial charge in [0.25, 0.3) is 11.5 Å². The van der Waals surface area contributed by atoms with Crippen molar-refractivity contribution in [2.75, 3.05) is 0 Å². The number of pyridine rings is 1. The molecule has 0 aliphatic heterocycles. The van der Waals surface area contributed by atoms with Crippen LogP contribution in [0.25, 0.3) is 5.65 Å². The monoisotopic (exact) mass is 340 g/mol. The summed E-state index contributed by atoms with van der Waals surface area (Å²) in [6.07, 6.45) is 2.87. The Balaban J connectivity index is 1.90. The molecule has 0 atom stereocenters. The fraction of sp³-hybridized carbons (Fsp3) is 0.0588. The molecule has 7 heteroatoms. The highest BCUT2D eigenvalue weighted by Gasteiger charge is 2.10. The molecule has 0 bridgehead atoms. The van der Waals surface area contributed by atoms with Gasteiger partial charge in [0.05, 0.1) is 11.8 Å². The zero-order valence-corrected chi connectivity index (χ0v) is 13.5. The Labute approximate surface area is 142 Å². The second-order valence-corrected chi connectivity index (χ2v) is 5.48. The third-order valence-electron chi connectivity index (χ3n) is 3.35. The zero-order chi connectivity index (χ0) is 17.1. The number of rotatable bonds is 3. The van der Waals surface area contributed by atoms with E-state index in [2.05, 4.69) is 15.5 Å². The van der Waals surface area contributed by atoms with Crippen molar-refractivity contribution in [2.45, 2.75) is 6.92 Å². The number of carbonyl (C=O) groups excluding carboxylic acids is 1. The summed E-state index contributed by atoms with van der Waals surface area (Å²) in [5.74, 6) is -0.382. The van der Waals surface area contributed by atoms with Gasteiger partial charge in [0, 0.05) is 11.8 Å². The van der Waals surface area contributed by atoms with Crippen molar-refractivity contribution >= 4 is 29.4 Å². The summed E-state index contributed by atoms with van der Waals surface area (Å²) < 4.78 is 1.39. The number of halogens is 1. The Morgan fingerprint density at radius 1 is 1.25 bits per heavy atom. The summed E-state index contributed by atoms with van der Waals surface area (Å²) in [5.41, 5.74) is 3.93. The van der Waals surface area contributed by atoms with Crippen LogP contribution in [0.3, 0.4) is 0 Å². The van der Waals surface area contributed by atoms with Crippen LogP contribution < -0.4 is 11.0 Å². The number of nitrogens with one attached hydrogen (secondary N) is 1. The molecule has 2 aromatic heterocycles. The summed E-state index contributed by atoms with van der Waals surface area (Å²) in [6.45, 7) is 1.87. The predicted molar refractivity (Wildman–Crippen MR) is 92.7 cm³/mol. The fourth-order valence-electron chi connectivity index (χ4n) is 2.15. The number of nitrogens with zero attached hydrogens (tertiary/aromatic N) is 3. The molecule has 2 heterocycles. The lowest BCUT2D eigenvalue weighted by Gasteiger charge is -2.04. The number of fused-ring (bicyclic) bond motifs is 1. The van der Waals surface area contributed by atoms with Crippen molar-refractivity contribution in [1.82, 2.24) is 14.8 Å². The predicted octanol–water partition coefficient (Wildman–Crippen LogP) is 2.42. The van der Waals surface area contributed by atoms with E-state index in [4.69, 9.17) is 11.6 Å². The van der Waals surface area contributed by atoms with Crippen molar-refractivity contribution in [3.63, 3.8) is 0 Å². The van der Waals surface area contributed by atoms with Crippen LogP contribution in [0.4, 0.5) is 0 Å². The first-order valence-corrected chi connectivity index (χ1v) is 7.51. The first-order chi connectivity index (χ1) is 11.6. The molecule has 0 fully saturated rings. The van der Waals surface area contributed by atoms with Crippen LogP contribution in [-0.2, 0) is 0 Å². The molecule has 0 spiro atoms. The topological polar surface area (TPSA) is 75.8 Å². The molecule has 0 saturated heterocycles. The van der Waals surface area contributed by atoms with Gasteiger partial charge in [0.15, 0.2) is 0 Å². The highest BCUT2D eigenvalue weighted by Crippen LogP contribution is 2.10. The van der Waals surface area contributed by atoms with Crippen LogP contribution in [0.15, 0.2) is 58.6 Å². The van der Waals surface area contributed by atoms with E-state index in [1.807, 2.05) is 19.1 Å². The van der Waals surface area contributed by atoms with Crippen LogP contribution >= 0.6 is 11.6 Å². The molecule has 0 aliphatic carbocycles. The van der Waals surface area contributed by atoms with Crippen LogP contribution in [0.2, 0.25) is 5.15 Å². The number of carbonyl (C=O) groups is 1. The van der Waals surface area contributed by atoms with Gasteiger partial charge < -0.3 is 0 Å². The van der Waals surface area contributed by atoms with Crippen LogP contribution in [0.5, 0.6) is 0 Å². The number of hydrogen-bond acceptors (Lipinski definition) is 4. The van der Waals surface area contributed by atoms with Gasteiger partial charge in [-0.25, -0.2) is 10.4 Å². The molecule has 1 amide bonds. The molecule has 3 rings (SSSR count). The number of aryl methyl sites for hydroxylation is 1. The van der Waals surface area contributed by atoms with Gasteiger partial charge in [-0.3, -0.25) is 14.0 Å². The molecule has 1 N–H and O–H groups in total. The van der Waals surface area contributed by atoms with Gasteiger partial charge in [0.1, 0.15) is 10.8 Å². The van der Waals surface area contributed by atoms with E-state index >= 15 is 0 Å². The average molecular weight is 341 g/mol. The molecule has 0 radical (unpaired) electrons. The maximum atomic E-state index is 12.5. The third-order valence-corrected chi connectivity index (χ3v) is 3.64. The lowest BCUT2D eigenvalue weighted by Crippen LogP contribution is -2.22. The Morgan fingerprint density at radius 2 is 2.00 bits per heavy atom. The van der Waals surface area contributed by atoms with Crippen molar-refractivity contribution < 1.29 is 4.79 Å². The molecule has 0 unspecified atom stereocenters. The highest BCUT2D eigenvalue weighted by atomic mass is 35.5. The Hall–Kier alpha value is -2.99. The first-order valence-electron chi connectivity index (χ1n) is 7.13. The minimum absolute atomic E-state index is 0.0292. The Bertz CT molecular complexity index is 997. The number of benzene rings is 1. The van der Waals surface area contributed by atoms with Crippen molar-refractivity contribution in [1.29, 1.82) is 0 Å². The van der Waals surface area contributed by atoms with Crippen LogP contribution in [0.1, 0.15) is 21.5 Å². The number of hydrogen-bond donors (Lipinski definition) is 1. The zero-order valence-electron chi connectivity index (χ0n) is 12.7. The van der Waals surface area contributed by atoms with Gasteiger partial charge in [-0.15, -0.1) is 0 Å². The van der Waals surface area contributed by atoms with Gasteiger partial charge in [-0.1, -0.05) is 35.9 Å². The molecular formula is C17H13ClN4O2. The summed E-state index contributed by atoms with van der Waals surface area (Å²) in [7, 11) is 0. The molecule has 1 aromatic carbocycles. The second-order valence-electron chi connectivity index (χ2n) is 5.12. The van der Waals surface area contributed by atoms with E-state index in [0.29, 0.717) is 11.2 Å². The van der Waals surface area contributed by atoms with E-state index < -0.39 is 0 Å². The van der Waals surface area contributed by atoms with Crippen LogP contribution in [-0.4, -0.2) is 21.5 Å². The summed E-state index contributed by atoms with van der Waals surface area (Å²) >= 11 is 6.05. The number of amides is 1. The van der Waals surface area contributed by atoms with Crippen LogP contribution in [0, 0.1) is 6.92 Å². The Kier molecular flexibility index (Phi) is 4.39. The minimum Gasteiger partial charge on any atom is -0.268 e. The Morgan fingerprint density at radius 3 is 2.75 bits per heavy atom. The van der Waals surface area contributed by atoms with E-state index in [1.165, 1.54) is 10.6 Å². The number of hydrazone groups is 1. The largest absolute Gasteiger partial charge is 0.271 e. The third kappa shape index (κ3) is 3.18. The molecular weight excluding hydrogens is 328 g/mol. The van der Waals surface area contributed by atoms with Gasteiger partial charge in [-0.05, 0) is 30.7 Å². The normalized spacial score (nSPS) is 11.1. The molecule has 3 aromatic rings. The van der Waals surface area contributed by atoms with E-state index in [0.717, 1.165) is 5.56 Å². The summed E-state index contributed by atoms with van der Waals surface area (Å²) in [5, 5.41) is 3.84. The summed E-state index contributed by atoms with van der Waals surface area (Å²) in [4.78, 5) is 28.5. The molecule has 0 saturated carbocycles. The second kappa shape index (κ2) is 6.64. The molecule has 120 valence electrons. The lowest BCUT2D eigenvalue weighted by molar-refractivity contribution is 0.0955. The van der Waals surface area contributed by atoms with E-state index in [1.54, 1.807) is 36.5 Å². The highest BCUT2D eigenvalue weighted by molar-refractivity contribution is 6.32. The molecule has 24 heavy (non-hydrogen) atoms. The molecule has 0 aliphatic rings. The van der Waals surface area contributed by atoms with E-state index in [9.17, 15) is 9.59 Å². The maximum Gasteiger partial charge on any atom is 0.271 e.